The maximum atomic E-state index is 12.9. The molecule has 1 atom stereocenters. The molecule has 1 aromatic rings. The molecule has 1 aromatic heterocycles. The van der Waals surface area contributed by atoms with Crippen molar-refractivity contribution in [3.8, 4) is 0 Å². The smallest absolute Gasteiger partial charge is 0.272 e. The van der Waals surface area contributed by atoms with Crippen LogP contribution in [0.3, 0.4) is 0 Å². The first-order valence-electron chi connectivity index (χ1n) is 9.34. The van der Waals surface area contributed by atoms with E-state index in [0.29, 0.717) is 50.8 Å². The van der Waals surface area contributed by atoms with E-state index in [0.717, 1.165) is 18.8 Å². The zero-order valence-corrected chi connectivity index (χ0v) is 16.3. The topological polar surface area (TPSA) is 78.8 Å². The largest absolute Gasteiger partial charge is 0.388 e. The lowest BCUT2D eigenvalue weighted by atomic mass is 9.69. The molecule has 0 aliphatic carbocycles. The number of β-amino-alcohol motifs (C(OH)–C–C–N with tert-alkyl or cyclic N) is 1. The van der Waals surface area contributed by atoms with Crippen molar-refractivity contribution < 1.29 is 14.6 Å². The van der Waals surface area contributed by atoms with E-state index in [1.54, 1.807) is 13.0 Å². The van der Waals surface area contributed by atoms with Crippen LogP contribution in [0.5, 0.6) is 0 Å². The summed E-state index contributed by atoms with van der Waals surface area (Å²) in [4.78, 5) is 25.5. The van der Waals surface area contributed by atoms with Crippen molar-refractivity contribution >= 4 is 5.91 Å². The number of amides is 1. The zero-order chi connectivity index (χ0) is 18.9. The third kappa shape index (κ3) is 3.89. The van der Waals surface area contributed by atoms with Gasteiger partial charge in [0, 0.05) is 43.8 Å². The molecule has 26 heavy (non-hydrogen) atoms. The van der Waals surface area contributed by atoms with Gasteiger partial charge in [-0.25, -0.2) is 9.97 Å². The van der Waals surface area contributed by atoms with Gasteiger partial charge in [-0.2, -0.15) is 0 Å². The van der Waals surface area contributed by atoms with Gasteiger partial charge in [0.25, 0.3) is 5.91 Å². The third-order valence-electron chi connectivity index (χ3n) is 5.70. The number of ether oxygens (including phenoxy) is 1. The highest BCUT2D eigenvalue weighted by Crippen LogP contribution is 2.39. The molecule has 0 unspecified atom stereocenters. The summed E-state index contributed by atoms with van der Waals surface area (Å²) in [5.41, 5.74) is -0.0000367. The second-order valence-corrected chi connectivity index (χ2v) is 8.22. The summed E-state index contributed by atoms with van der Waals surface area (Å²) in [5.74, 6) is 0.522. The number of carbonyl (C=O) groups is 1. The normalized spacial score (nSPS) is 26.7. The lowest BCUT2D eigenvalue weighted by molar-refractivity contribution is -0.133. The third-order valence-corrected chi connectivity index (χ3v) is 5.70. The number of aliphatic hydroxyl groups is 1. The standard InChI is InChI=1S/C19H30N4O3/c1-14-11-16(21-15(2)20-14)17(24)23-6-5-19(25,18(3,4)12-23)13-22-7-9-26-10-8-22/h11,25H,5-10,12-13H2,1-4H3/t19-/m1/s1. The molecule has 2 aliphatic heterocycles. The van der Waals surface area contributed by atoms with Gasteiger partial charge in [0.1, 0.15) is 11.5 Å². The number of nitrogens with zero attached hydrogens (tertiary/aromatic N) is 4. The van der Waals surface area contributed by atoms with Gasteiger partial charge in [0.2, 0.25) is 0 Å². The quantitative estimate of drug-likeness (QED) is 0.865. The van der Waals surface area contributed by atoms with Crippen molar-refractivity contribution in [1.29, 1.82) is 0 Å². The van der Waals surface area contributed by atoms with Crippen LogP contribution in [0.15, 0.2) is 6.07 Å². The van der Waals surface area contributed by atoms with E-state index in [9.17, 15) is 9.90 Å². The monoisotopic (exact) mass is 362 g/mol. The molecule has 2 saturated heterocycles. The molecule has 7 heteroatoms. The highest BCUT2D eigenvalue weighted by atomic mass is 16.5. The highest BCUT2D eigenvalue weighted by Gasteiger charge is 2.49. The molecule has 2 aliphatic rings. The number of morpholine rings is 1. The molecular weight excluding hydrogens is 332 g/mol. The fourth-order valence-corrected chi connectivity index (χ4v) is 3.95. The summed E-state index contributed by atoms with van der Waals surface area (Å²) in [6.07, 6.45) is 0.562. The van der Waals surface area contributed by atoms with Crippen molar-refractivity contribution in [2.24, 2.45) is 5.41 Å². The number of hydrogen-bond acceptors (Lipinski definition) is 6. The van der Waals surface area contributed by atoms with Gasteiger partial charge in [-0.05, 0) is 26.3 Å². The van der Waals surface area contributed by atoms with Gasteiger partial charge >= 0.3 is 0 Å². The minimum Gasteiger partial charge on any atom is -0.388 e. The van der Waals surface area contributed by atoms with Crippen LogP contribution in [0.1, 0.15) is 42.3 Å². The Hall–Kier alpha value is -1.57. The molecule has 1 N–H and O–H groups in total. The van der Waals surface area contributed by atoms with E-state index in [4.69, 9.17) is 4.74 Å². The molecule has 3 rings (SSSR count). The molecule has 0 saturated carbocycles. The van der Waals surface area contributed by atoms with Crippen LogP contribution in [0.4, 0.5) is 0 Å². The van der Waals surface area contributed by atoms with Crippen LogP contribution in [-0.2, 0) is 4.74 Å². The first-order valence-corrected chi connectivity index (χ1v) is 9.34. The van der Waals surface area contributed by atoms with E-state index in [-0.39, 0.29) is 5.91 Å². The van der Waals surface area contributed by atoms with Gasteiger partial charge < -0.3 is 14.7 Å². The van der Waals surface area contributed by atoms with Crippen molar-refractivity contribution in [2.75, 3.05) is 45.9 Å². The lowest BCUT2D eigenvalue weighted by Gasteiger charge is -2.52. The Morgan fingerprint density at radius 1 is 1.23 bits per heavy atom. The van der Waals surface area contributed by atoms with Crippen LogP contribution in [0.2, 0.25) is 0 Å². The predicted molar refractivity (Wildman–Crippen MR) is 98.0 cm³/mol. The number of hydrogen-bond donors (Lipinski definition) is 1. The van der Waals surface area contributed by atoms with Crippen molar-refractivity contribution in [3.05, 3.63) is 23.3 Å². The zero-order valence-electron chi connectivity index (χ0n) is 16.3. The molecule has 2 fully saturated rings. The van der Waals surface area contributed by atoms with Crippen LogP contribution >= 0.6 is 0 Å². The molecule has 3 heterocycles. The highest BCUT2D eigenvalue weighted by molar-refractivity contribution is 5.92. The van der Waals surface area contributed by atoms with E-state index in [2.05, 4.69) is 14.9 Å². The predicted octanol–water partition coefficient (Wildman–Crippen LogP) is 1.03. The Morgan fingerprint density at radius 3 is 2.54 bits per heavy atom. The summed E-state index contributed by atoms with van der Waals surface area (Å²) in [7, 11) is 0. The second kappa shape index (κ2) is 7.21. The first-order chi connectivity index (χ1) is 12.2. The average molecular weight is 362 g/mol. The maximum Gasteiger partial charge on any atom is 0.272 e. The van der Waals surface area contributed by atoms with Crippen LogP contribution in [0, 0.1) is 19.3 Å². The Balaban J connectivity index is 1.72. The van der Waals surface area contributed by atoms with Crippen molar-refractivity contribution in [1.82, 2.24) is 19.8 Å². The summed E-state index contributed by atoms with van der Waals surface area (Å²) in [6, 6.07) is 1.73. The Bertz CT molecular complexity index is 652. The number of aromatic nitrogens is 2. The SMILES string of the molecule is Cc1cc(C(=O)N2CC[C@@](O)(CN3CCOCC3)C(C)(C)C2)nc(C)n1. The number of rotatable bonds is 3. The Morgan fingerprint density at radius 2 is 1.92 bits per heavy atom. The molecule has 0 spiro atoms. The van der Waals surface area contributed by atoms with Crippen molar-refractivity contribution in [2.45, 2.75) is 39.7 Å². The second-order valence-electron chi connectivity index (χ2n) is 8.22. The van der Waals surface area contributed by atoms with E-state index in [1.807, 2.05) is 25.7 Å². The minimum absolute atomic E-state index is 0.0832. The molecular formula is C19H30N4O3. The molecule has 144 valence electrons. The molecule has 0 bridgehead atoms. The number of piperidine rings is 1. The number of carbonyl (C=O) groups excluding carboxylic acids is 1. The van der Waals surface area contributed by atoms with Crippen molar-refractivity contribution in [3.63, 3.8) is 0 Å². The fraction of sp³-hybridized carbons (Fsp3) is 0.737. The fourth-order valence-electron chi connectivity index (χ4n) is 3.95. The number of aryl methyl sites for hydroxylation is 2. The van der Waals surface area contributed by atoms with E-state index < -0.39 is 11.0 Å². The van der Waals surface area contributed by atoms with E-state index >= 15 is 0 Å². The first kappa shape index (κ1) is 19.2. The molecule has 0 aromatic carbocycles. The molecule has 0 radical (unpaired) electrons. The lowest BCUT2D eigenvalue weighted by Crippen LogP contribution is -2.63. The molecule has 7 nitrogen and oxygen atoms in total. The maximum absolute atomic E-state index is 12.9. The molecule has 1 amide bonds. The van der Waals surface area contributed by atoms with Gasteiger partial charge in [-0.15, -0.1) is 0 Å². The van der Waals surface area contributed by atoms with Gasteiger partial charge in [-0.1, -0.05) is 13.8 Å². The van der Waals surface area contributed by atoms with Crippen LogP contribution < -0.4 is 0 Å². The van der Waals surface area contributed by atoms with Gasteiger partial charge in [0.05, 0.1) is 18.8 Å². The number of likely N-dealkylation sites (tertiary alicyclic amines) is 1. The Kier molecular flexibility index (Phi) is 5.33. The van der Waals surface area contributed by atoms with Gasteiger partial charge in [0.15, 0.2) is 0 Å². The van der Waals surface area contributed by atoms with E-state index in [1.165, 1.54) is 0 Å². The summed E-state index contributed by atoms with van der Waals surface area (Å²) < 4.78 is 5.40. The summed E-state index contributed by atoms with van der Waals surface area (Å²) in [5, 5.41) is 11.4. The van der Waals surface area contributed by atoms with Gasteiger partial charge in [-0.3, -0.25) is 9.69 Å². The Labute approximate surface area is 155 Å². The van der Waals surface area contributed by atoms with Crippen LogP contribution in [-0.4, -0.2) is 82.3 Å². The van der Waals surface area contributed by atoms with Crippen LogP contribution in [0.25, 0.3) is 0 Å². The summed E-state index contributed by atoms with van der Waals surface area (Å²) in [6.45, 7) is 12.5. The summed E-state index contributed by atoms with van der Waals surface area (Å²) >= 11 is 0. The average Bonchev–Trinajstić information content (AvgIpc) is 2.57. The minimum atomic E-state index is -0.821.